The highest BCUT2D eigenvalue weighted by atomic mass is 35.5. The van der Waals surface area contributed by atoms with Crippen molar-refractivity contribution in [1.29, 1.82) is 0 Å². The lowest BCUT2D eigenvalue weighted by molar-refractivity contribution is -0.385. The van der Waals surface area contributed by atoms with Crippen LogP contribution in [0.4, 0.5) is 34.1 Å². The highest BCUT2D eigenvalue weighted by Crippen LogP contribution is 2.39. The minimum Gasteiger partial charge on any atom is -0.497 e. The van der Waals surface area contributed by atoms with Crippen molar-refractivity contribution in [3.8, 4) is 11.5 Å². The number of carbonyl (C=O) groups excluding carboxylic acids is 3. The van der Waals surface area contributed by atoms with E-state index in [0.29, 0.717) is 180 Å². The number of hydrogen-bond donors (Lipinski definition) is 0. The minimum absolute atomic E-state index is 0.105. The number of fused-ring (bicyclic) bond motifs is 3. The van der Waals surface area contributed by atoms with Crippen molar-refractivity contribution in [3.05, 3.63) is 262 Å². The number of halogens is 2. The van der Waals surface area contributed by atoms with Crippen LogP contribution in [0.15, 0.2) is 166 Å². The molecular formula is C78H81Cl2N13O14. The summed E-state index contributed by atoms with van der Waals surface area (Å²) < 4.78 is 14.6. The Labute approximate surface area is 625 Å². The first kappa shape index (κ1) is 76.4. The van der Waals surface area contributed by atoms with Crippen LogP contribution in [0.2, 0.25) is 10.0 Å². The number of aromatic nitrogens is 3. The van der Waals surface area contributed by atoms with Gasteiger partial charge in [0.2, 0.25) is 0 Å². The molecule has 0 saturated carbocycles. The number of nitrogens with zero attached hydrogens (tertiary/aromatic N) is 13. The van der Waals surface area contributed by atoms with E-state index in [4.69, 9.17) is 32.7 Å². The Hall–Kier alpha value is -11.7. The first-order valence-corrected chi connectivity index (χ1v) is 35.5. The molecule has 107 heavy (non-hydrogen) atoms. The summed E-state index contributed by atoms with van der Waals surface area (Å²) in [6.07, 6.45) is 0.682. The Balaban J connectivity index is 0.000000161. The monoisotopic (exact) mass is 1490 g/mol. The van der Waals surface area contributed by atoms with Crippen LogP contribution in [0.1, 0.15) is 59.7 Å². The van der Waals surface area contributed by atoms with E-state index < -0.39 is 48.5 Å². The summed E-state index contributed by atoms with van der Waals surface area (Å²) in [6.45, 7) is 11.5. The van der Waals surface area contributed by atoms with Crippen LogP contribution in [-0.2, 0) is 20.1 Å². The van der Waals surface area contributed by atoms with Gasteiger partial charge in [-0.05, 0) is 157 Å². The van der Waals surface area contributed by atoms with Crippen LogP contribution < -0.4 is 40.9 Å². The summed E-state index contributed by atoms with van der Waals surface area (Å²) in [5.41, 5.74) is 4.97. The third-order valence-electron chi connectivity index (χ3n) is 19.4. The molecule has 3 aliphatic rings. The van der Waals surface area contributed by atoms with Gasteiger partial charge in [0.15, 0.2) is 0 Å². The van der Waals surface area contributed by atoms with E-state index in [-0.39, 0.29) is 24.3 Å². The molecule has 6 heterocycles. The Morgan fingerprint density at radius 2 is 0.813 bits per heavy atom. The number of anilines is 3. The zero-order chi connectivity index (χ0) is 76.7. The van der Waals surface area contributed by atoms with E-state index in [9.17, 15) is 59.1 Å². The third kappa shape index (κ3) is 16.6. The normalized spacial score (nSPS) is 13.8. The molecule has 0 bridgehead atoms. The van der Waals surface area contributed by atoms with E-state index >= 15 is 0 Å². The van der Waals surface area contributed by atoms with Crippen molar-refractivity contribution < 1.29 is 38.6 Å². The Morgan fingerprint density at radius 1 is 0.449 bits per heavy atom. The average Bonchev–Trinajstić information content (AvgIpc) is 0.755. The topological polar surface area (TPSA) is 288 Å². The van der Waals surface area contributed by atoms with E-state index in [1.165, 1.54) is 19.8 Å². The number of amides is 3. The Kier molecular flexibility index (Phi) is 23.7. The van der Waals surface area contributed by atoms with Gasteiger partial charge in [-0.3, -0.25) is 63.7 Å². The molecule has 3 amide bonds. The molecule has 0 radical (unpaired) electrons. The third-order valence-corrected chi connectivity index (χ3v) is 20.2. The van der Waals surface area contributed by atoms with Gasteiger partial charge >= 0.3 is 33.7 Å². The molecule has 0 atom stereocenters. The summed E-state index contributed by atoms with van der Waals surface area (Å²) >= 11 is 12.1. The molecule has 0 N–H and O–H groups in total. The zero-order valence-corrected chi connectivity index (χ0v) is 62.0. The predicted molar refractivity (Wildman–Crippen MR) is 415 cm³/mol. The maximum atomic E-state index is 13.6. The zero-order valence-electron chi connectivity index (χ0n) is 60.5. The molecule has 10 aromatic rings. The molecule has 3 aliphatic heterocycles. The van der Waals surface area contributed by atoms with Gasteiger partial charge in [0.1, 0.15) is 28.6 Å². The lowest BCUT2D eigenvalue weighted by atomic mass is 10.1. The summed E-state index contributed by atoms with van der Waals surface area (Å²) in [5, 5.41) is 39.1. The fourth-order valence-corrected chi connectivity index (χ4v) is 14.2. The quantitative estimate of drug-likeness (QED) is 0.0604. The lowest BCUT2D eigenvalue weighted by Crippen LogP contribution is -2.49. The standard InChI is InChI=1S/C29H28N4O5.C26H29Cl2N5O4.C23H24N4O5/c1-20-8-13-25-24(18-20)26(27(33(36)37)29(35)32(25)19-21-6-4-3-5-7-21)30-14-16-31(17-15-30)28(34)22-9-11-23(38-2)12-10-22;1-17-5-8-22-19(15-17)23(24(33(36)37)26(35)32(22)10-4-9-29(2)3)30-11-13-31(14-12-30)25(34)18-6-7-20(27)21(28)16-18;1-15-4-9-19-18(14-15)20(21(27(30)31)23(29)24(19)2)25-10-12-26(13-11-25)22(28)16-5-7-17(32-3)8-6-16/h3-13,18H,14-17,19H2,1-2H3;5-8,15-16H,4,9-14H2,1-3H3;4-9,14H,10-13H2,1-3H3. The molecular weight excluding hydrogens is 1410 g/mol. The molecule has 3 fully saturated rings. The molecule has 3 saturated heterocycles. The van der Waals surface area contributed by atoms with Gasteiger partial charge in [0.05, 0.1) is 62.1 Å². The lowest BCUT2D eigenvalue weighted by Gasteiger charge is -2.36. The van der Waals surface area contributed by atoms with E-state index in [2.05, 4.69) is 0 Å². The van der Waals surface area contributed by atoms with Crippen LogP contribution in [0.25, 0.3) is 32.7 Å². The Morgan fingerprint density at radius 3 is 1.21 bits per heavy atom. The largest absolute Gasteiger partial charge is 0.497 e. The number of aryl methyl sites for hydroxylation is 5. The molecule has 3 aromatic heterocycles. The van der Waals surface area contributed by atoms with Crippen molar-refractivity contribution in [2.45, 2.75) is 40.3 Å². The summed E-state index contributed by atoms with van der Waals surface area (Å²) in [6, 6.07) is 44.9. The van der Waals surface area contributed by atoms with Gasteiger partial charge in [-0.15, -0.1) is 0 Å². The highest BCUT2D eigenvalue weighted by molar-refractivity contribution is 6.42. The molecule has 27 nitrogen and oxygen atoms in total. The van der Waals surface area contributed by atoms with Crippen molar-refractivity contribution in [1.82, 2.24) is 33.3 Å². The predicted octanol–water partition coefficient (Wildman–Crippen LogP) is 11.4. The van der Waals surface area contributed by atoms with Gasteiger partial charge in [0, 0.05) is 125 Å². The second-order valence-corrected chi connectivity index (χ2v) is 27.5. The highest BCUT2D eigenvalue weighted by Gasteiger charge is 2.36. The molecule has 0 aliphatic carbocycles. The number of rotatable bonds is 17. The second kappa shape index (κ2) is 33.2. The molecule has 13 rings (SSSR count). The average molecular weight is 1500 g/mol. The van der Waals surface area contributed by atoms with Crippen molar-refractivity contribution in [2.75, 3.05) is 128 Å². The molecule has 29 heteroatoms. The Bertz CT molecular complexity index is 5260. The maximum Gasteiger partial charge on any atom is 0.357 e. The van der Waals surface area contributed by atoms with Crippen LogP contribution in [0.5, 0.6) is 11.5 Å². The second-order valence-electron chi connectivity index (χ2n) is 26.7. The summed E-state index contributed by atoms with van der Waals surface area (Å²) in [4.78, 5) is 126. The first-order chi connectivity index (χ1) is 51.3. The summed E-state index contributed by atoms with van der Waals surface area (Å²) in [5.74, 6) is 0.936. The van der Waals surface area contributed by atoms with Gasteiger partial charge in [-0.25, -0.2) is 0 Å². The maximum absolute atomic E-state index is 13.6. The van der Waals surface area contributed by atoms with Crippen LogP contribution in [0, 0.1) is 51.1 Å². The van der Waals surface area contributed by atoms with Crippen molar-refractivity contribution >= 4 is 108 Å². The molecule has 7 aromatic carbocycles. The van der Waals surface area contributed by atoms with E-state index in [1.807, 2.05) is 139 Å². The number of ether oxygens (including phenoxy) is 2. The number of nitro groups is 3. The fraction of sp³-hybridized carbons (Fsp3) is 0.308. The number of pyridine rings is 3. The van der Waals surface area contributed by atoms with Crippen molar-refractivity contribution in [3.63, 3.8) is 0 Å². The number of carbonyl (C=O) groups is 3. The molecule has 556 valence electrons. The van der Waals surface area contributed by atoms with Gasteiger partial charge in [-0.2, -0.15) is 0 Å². The number of methoxy groups -OCH3 is 2. The van der Waals surface area contributed by atoms with Crippen molar-refractivity contribution in [2.24, 2.45) is 7.05 Å². The van der Waals surface area contributed by atoms with Crippen LogP contribution in [0.3, 0.4) is 0 Å². The van der Waals surface area contributed by atoms with Crippen LogP contribution in [-0.4, -0.2) is 179 Å². The first-order valence-electron chi connectivity index (χ1n) is 34.7. The number of hydrogen-bond acceptors (Lipinski definition) is 18. The summed E-state index contributed by atoms with van der Waals surface area (Å²) in [7, 11) is 8.57. The SMILES string of the molecule is COc1ccc(C(=O)N2CCN(c3c([N+](=O)[O-])c(=O)n(C)c4ccc(C)cc34)CC2)cc1.COc1ccc(C(=O)N2CCN(c3c([N+](=O)[O-])c(=O)n(Cc4ccccc4)c4ccc(C)cc34)CC2)cc1.Cc1ccc2c(c1)c(N1CCN(C(=O)c3ccc(Cl)c(Cl)c3)CC1)c([N+](=O)[O-])c(=O)n2CCCN(C)C. The van der Waals surface area contributed by atoms with Gasteiger partial charge in [0.25, 0.3) is 17.7 Å². The number of benzene rings is 7. The molecule has 0 unspecified atom stereocenters. The van der Waals surface area contributed by atoms with E-state index in [0.717, 1.165) is 28.8 Å². The fourth-order valence-electron chi connectivity index (χ4n) is 13.9. The smallest absolute Gasteiger partial charge is 0.357 e. The van der Waals surface area contributed by atoms with E-state index in [1.54, 1.807) is 96.6 Å². The van der Waals surface area contributed by atoms with Gasteiger partial charge in [-0.1, -0.05) is 88.4 Å². The number of piperazine rings is 3. The van der Waals surface area contributed by atoms with Crippen LogP contribution >= 0.6 is 23.2 Å². The van der Waals surface area contributed by atoms with Gasteiger partial charge < -0.3 is 52.9 Å². The molecule has 0 spiro atoms. The minimum atomic E-state index is -0.641.